The van der Waals surface area contributed by atoms with Crippen molar-refractivity contribution in [2.45, 2.75) is 38.2 Å². The highest BCUT2D eigenvalue weighted by Gasteiger charge is 2.40. The quantitative estimate of drug-likeness (QED) is 0.261. The van der Waals surface area contributed by atoms with E-state index in [1.54, 1.807) is 0 Å². The molecule has 0 unspecified atom stereocenters. The summed E-state index contributed by atoms with van der Waals surface area (Å²) in [6.45, 7) is 1.08. The molecule has 0 aromatic rings. The molecule has 0 atom stereocenters. The van der Waals surface area contributed by atoms with Gasteiger partial charge in [0.25, 0.3) is 5.97 Å². The Morgan fingerprint density at radius 3 is 1.00 bits per heavy atom. The largest absolute Gasteiger partial charge is 0.481 e. The molecule has 0 rings (SSSR count). The Morgan fingerprint density at radius 1 is 0.654 bits per heavy atom. The zero-order chi connectivity index (χ0) is 20.8. The summed E-state index contributed by atoms with van der Waals surface area (Å²) in [4.78, 5) is 58.8. The van der Waals surface area contributed by atoms with Gasteiger partial charge in [-0.1, -0.05) is 0 Å². The second-order valence-corrected chi connectivity index (χ2v) is 4.28. The van der Waals surface area contributed by atoms with E-state index in [0.29, 0.717) is 0 Å². The Morgan fingerprint density at radius 2 is 0.885 bits per heavy atom. The molecule has 152 valence electrons. The van der Waals surface area contributed by atoms with Gasteiger partial charge < -0.3 is 35.7 Å². The van der Waals surface area contributed by atoms with Gasteiger partial charge in [0.15, 0.2) is 5.60 Å². The molecule has 0 radical (unpaired) electrons. The molecule has 26 heavy (non-hydrogen) atoms. The highest BCUT2D eigenvalue weighted by molar-refractivity contribution is 5.88. The number of hydrogen-bond acceptors (Lipinski definition) is 7. The highest BCUT2D eigenvalue weighted by Crippen LogP contribution is 2.15. The van der Waals surface area contributed by atoms with E-state index < -0.39 is 54.3 Å². The van der Waals surface area contributed by atoms with Gasteiger partial charge in [-0.25, -0.2) is 4.79 Å². The molecule has 0 saturated heterocycles. The highest BCUT2D eigenvalue weighted by atomic mass is 35.5. The average molecular weight is 407 g/mol. The second-order valence-electron chi connectivity index (χ2n) is 4.28. The van der Waals surface area contributed by atoms with Crippen LogP contribution in [-0.2, 0) is 28.8 Å². The molecule has 0 amide bonds. The van der Waals surface area contributed by atoms with E-state index in [-0.39, 0.29) is 25.2 Å². The predicted octanol–water partition coefficient (Wildman–Crippen LogP) is -0.800. The predicted molar refractivity (Wildman–Crippen MR) is 82.2 cm³/mol. The van der Waals surface area contributed by atoms with Crippen molar-refractivity contribution in [1.29, 1.82) is 0 Å². The summed E-state index contributed by atoms with van der Waals surface area (Å²) < 4.78 is 0. The summed E-state index contributed by atoms with van der Waals surface area (Å²) in [5, 5.41) is 57.0. The van der Waals surface area contributed by atoms with E-state index in [1.165, 1.54) is 0 Å². The summed E-state index contributed by atoms with van der Waals surface area (Å²) in [5.41, 5.74) is -2.74. The summed E-state index contributed by atoms with van der Waals surface area (Å²) >= 11 is 0. The lowest BCUT2D eigenvalue weighted by Gasteiger charge is -2.18. The average Bonchev–Trinajstić information content (AvgIpc) is 2.34. The summed E-state index contributed by atoms with van der Waals surface area (Å²) in [5.74, 6) is -8.01. The van der Waals surface area contributed by atoms with Gasteiger partial charge in [0.1, 0.15) is 0 Å². The number of halogens is 1. The topological polar surface area (TPSA) is 244 Å². The maximum Gasteiger partial charge on any atom is 0.336 e. The molecule has 0 aliphatic carbocycles. The summed E-state index contributed by atoms with van der Waals surface area (Å²) in [6.07, 6.45) is -2.88. The van der Waals surface area contributed by atoms with Crippen LogP contribution in [0.5, 0.6) is 0 Å². The van der Waals surface area contributed by atoms with E-state index in [2.05, 4.69) is 0 Å². The monoisotopic (exact) mass is 406 g/mol. The standard InChI is InChI=1S/C6H8O7.C4H6O4.C2H4O2.ClH/c7-3(8)1-6(13,5(11)12)2-4(9)10;5-3(6)1-2-4(7)8;1-2(3)4;/h13H,1-2H2,(H,7,8)(H,9,10)(H,11,12);1-2H2,(H,5,6)(H,7,8);1H3,(H,3,4);1H. The second kappa shape index (κ2) is 15.6. The molecule has 0 fully saturated rings. The summed E-state index contributed by atoms with van der Waals surface area (Å²) in [6, 6.07) is 0. The number of aliphatic hydroxyl groups is 1. The molecule has 0 aromatic carbocycles. The van der Waals surface area contributed by atoms with E-state index in [0.717, 1.165) is 6.92 Å². The van der Waals surface area contributed by atoms with Gasteiger partial charge in [-0.3, -0.25) is 24.0 Å². The van der Waals surface area contributed by atoms with Gasteiger partial charge in [0.05, 0.1) is 25.7 Å². The molecule has 0 bridgehead atoms. The lowest BCUT2D eigenvalue weighted by atomic mass is 9.96. The van der Waals surface area contributed by atoms with E-state index in [9.17, 15) is 24.0 Å². The molecule has 0 saturated carbocycles. The van der Waals surface area contributed by atoms with Crippen LogP contribution in [0.15, 0.2) is 0 Å². The van der Waals surface area contributed by atoms with Gasteiger partial charge in [-0.05, 0) is 0 Å². The SMILES string of the molecule is CC(=O)O.Cl.O=C(O)CC(O)(CC(=O)O)C(=O)O.O=C(O)CCC(=O)O. The number of rotatable bonds is 8. The van der Waals surface area contributed by atoms with Crippen LogP contribution >= 0.6 is 12.4 Å². The molecule has 13 nitrogen and oxygen atoms in total. The number of carboxylic acids is 6. The first-order chi connectivity index (χ1) is 11.1. The van der Waals surface area contributed by atoms with E-state index >= 15 is 0 Å². The van der Waals surface area contributed by atoms with Crippen molar-refractivity contribution in [2.75, 3.05) is 0 Å². The molecule has 0 aliphatic rings. The van der Waals surface area contributed by atoms with Crippen LogP contribution in [0.4, 0.5) is 0 Å². The zero-order valence-electron chi connectivity index (χ0n) is 13.3. The minimum absolute atomic E-state index is 0. The Kier molecular flexibility index (Phi) is 18.5. The minimum atomic E-state index is -2.74. The fourth-order valence-corrected chi connectivity index (χ4v) is 0.928. The van der Waals surface area contributed by atoms with Gasteiger partial charge in [0.2, 0.25) is 0 Å². The Hall–Kier alpha value is -2.93. The van der Waals surface area contributed by atoms with Crippen molar-refractivity contribution in [3.63, 3.8) is 0 Å². The van der Waals surface area contributed by atoms with Crippen molar-refractivity contribution in [1.82, 2.24) is 0 Å². The lowest BCUT2D eigenvalue weighted by Crippen LogP contribution is -2.42. The fourth-order valence-electron chi connectivity index (χ4n) is 0.928. The van der Waals surface area contributed by atoms with Crippen LogP contribution in [0.2, 0.25) is 0 Å². The minimum Gasteiger partial charge on any atom is -0.481 e. The number of carbonyl (C=O) groups is 6. The lowest BCUT2D eigenvalue weighted by molar-refractivity contribution is -0.170. The van der Waals surface area contributed by atoms with Crippen molar-refractivity contribution in [3.8, 4) is 0 Å². The molecular weight excluding hydrogens is 388 g/mol. The van der Waals surface area contributed by atoms with Crippen molar-refractivity contribution >= 4 is 48.2 Å². The van der Waals surface area contributed by atoms with E-state index in [1.807, 2.05) is 0 Å². The molecule has 0 spiro atoms. The van der Waals surface area contributed by atoms with Crippen molar-refractivity contribution in [2.24, 2.45) is 0 Å². The normalized spacial score (nSPS) is 9.00. The third kappa shape index (κ3) is 26.0. The third-order valence-electron chi connectivity index (χ3n) is 1.84. The first kappa shape index (κ1) is 30.9. The van der Waals surface area contributed by atoms with Crippen LogP contribution in [0.1, 0.15) is 32.6 Å². The third-order valence-corrected chi connectivity index (χ3v) is 1.84. The maximum atomic E-state index is 10.3. The fraction of sp³-hybridized carbons (Fsp3) is 0.500. The molecule has 0 heterocycles. The number of carboxylic acid groups (broad SMARTS) is 6. The van der Waals surface area contributed by atoms with Crippen LogP contribution in [0.3, 0.4) is 0 Å². The van der Waals surface area contributed by atoms with Gasteiger partial charge in [-0.15, -0.1) is 12.4 Å². The zero-order valence-corrected chi connectivity index (χ0v) is 14.1. The number of hydrogen-bond donors (Lipinski definition) is 7. The molecular formula is C12H19ClO13. The Balaban J connectivity index is -0.000000159. The molecule has 14 heteroatoms. The van der Waals surface area contributed by atoms with Gasteiger partial charge in [0, 0.05) is 6.92 Å². The smallest absolute Gasteiger partial charge is 0.336 e. The van der Waals surface area contributed by atoms with E-state index in [4.69, 9.17) is 40.5 Å². The van der Waals surface area contributed by atoms with Crippen LogP contribution in [0, 0.1) is 0 Å². The first-order valence-corrected chi connectivity index (χ1v) is 6.16. The van der Waals surface area contributed by atoms with Crippen molar-refractivity contribution < 1.29 is 64.5 Å². The first-order valence-electron chi connectivity index (χ1n) is 6.16. The molecule has 7 N–H and O–H groups in total. The van der Waals surface area contributed by atoms with Crippen LogP contribution in [0.25, 0.3) is 0 Å². The molecule has 0 aliphatic heterocycles. The van der Waals surface area contributed by atoms with Gasteiger partial charge in [-0.2, -0.15) is 0 Å². The maximum absolute atomic E-state index is 10.3. The Labute approximate surface area is 151 Å². The van der Waals surface area contributed by atoms with Crippen LogP contribution in [-0.4, -0.2) is 77.2 Å². The van der Waals surface area contributed by atoms with Gasteiger partial charge >= 0.3 is 29.8 Å². The Bertz CT molecular complexity index is 479. The summed E-state index contributed by atoms with van der Waals surface area (Å²) in [7, 11) is 0. The number of aliphatic carboxylic acids is 6. The molecule has 0 aromatic heterocycles. The van der Waals surface area contributed by atoms with Crippen molar-refractivity contribution in [3.05, 3.63) is 0 Å². The van der Waals surface area contributed by atoms with Crippen LogP contribution < -0.4 is 0 Å².